The van der Waals surface area contributed by atoms with Gasteiger partial charge in [0.1, 0.15) is 5.82 Å². The lowest BCUT2D eigenvalue weighted by Gasteiger charge is -2.18. The van der Waals surface area contributed by atoms with Gasteiger partial charge in [0.25, 0.3) is 5.91 Å². The quantitative estimate of drug-likeness (QED) is 0.764. The molecule has 122 valence electrons. The highest BCUT2D eigenvalue weighted by Gasteiger charge is 2.17. The van der Waals surface area contributed by atoms with Crippen LogP contribution in [0.3, 0.4) is 0 Å². The Bertz CT molecular complexity index is 678. The van der Waals surface area contributed by atoms with Crippen LogP contribution in [0, 0.1) is 5.82 Å². The van der Waals surface area contributed by atoms with Crippen LogP contribution in [0.25, 0.3) is 5.69 Å². The van der Waals surface area contributed by atoms with Gasteiger partial charge in [-0.15, -0.1) is 0 Å². The van der Waals surface area contributed by atoms with E-state index in [1.54, 1.807) is 4.90 Å². The Balaban J connectivity index is 2.08. The Morgan fingerprint density at radius 3 is 2.48 bits per heavy atom. The third kappa shape index (κ3) is 3.94. The molecule has 0 saturated carbocycles. The van der Waals surface area contributed by atoms with E-state index in [-0.39, 0.29) is 24.0 Å². The molecule has 1 aromatic carbocycles. The van der Waals surface area contributed by atoms with E-state index in [1.807, 2.05) is 13.8 Å². The number of amides is 1. The molecule has 0 spiro atoms. The van der Waals surface area contributed by atoms with E-state index in [4.69, 9.17) is 4.74 Å². The van der Waals surface area contributed by atoms with Crippen molar-refractivity contribution in [1.82, 2.24) is 14.5 Å². The first-order valence-corrected chi connectivity index (χ1v) is 7.30. The summed E-state index contributed by atoms with van der Waals surface area (Å²) in [6.45, 7) is 4.50. The molecule has 7 heteroatoms. The van der Waals surface area contributed by atoms with Gasteiger partial charge in [-0.1, -0.05) is 0 Å². The molecule has 0 N–H and O–H groups in total. The zero-order valence-electron chi connectivity index (χ0n) is 13.0. The lowest BCUT2D eigenvalue weighted by atomic mass is 10.3. The Labute approximate surface area is 133 Å². The van der Waals surface area contributed by atoms with Crippen LogP contribution in [0.15, 0.2) is 36.8 Å². The number of halogens is 1. The van der Waals surface area contributed by atoms with Crippen molar-refractivity contribution in [1.29, 1.82) is 0 Å². The fraction of sp³-hybridized carbons (Fsp3) is 0.312. The molecule has 0 saturated heterocycles. The second-order valence-electron chi connectivity index (χ2n) is 4.77. The molecular weight excluding hydrogens is 301 g/mol. The fourth-order valence-electron chi connectivity index (χ4n) is 2.12. The molecule has 1 heterocycles. The average Bonchev–Trinajstić information content (AvgIpc) is 3.04. The van der Waals surface area contributed by atoms with Crippen molar-refractivity contribution in [3.63, 3.8) is 0 Å². The van der Waals surface area contributed by atoms with Crippen molar-refractivity contribution in [2.75, 3.05) is 19.7 Å². The van der Waals surface area contributed by atoms with Crippen molar-refractivity contribution in [3.05, 3.63) is 48.3 Å². The number of benzene rings is 1. The minimum absolute atomic E-state index is 0.170. The largest absolute Gasteiger partial charge is 0.451 e. The minimum Gasteiger partial charge on any atom is -0.451 e. The van der Waals surface area contributed by atoms with Gasteiger partial charge >= 0.3 is 5.97 Å². The van der Waals surface area contributed by atoms with Crippen LogP contribution in [0.4, 0.5) is 4.39 Å². The number of nitrogens with zero attached hydrogens (tertiary/aromatic N) is 3. The third-order valence-corrected chi connectivity index (χ3v) is 3.40. The second kappa shape index (κ2) is 7.53. The predicted molar refractivity (Wildman–Crippen MR) is 81.7 cm³/mol. The topological polar surface area (TPSA) is 64.4 Å². The molecule has 0 atom stereocenters. The number of hydrogen-bond acceptors (Lipinski definition) is 4. The SMILES string of the molecule is CCN(CC)C(=O)COC(=O)c1cncn1-c1ccc(F)cc1. The number of carbonyl (C=O) groups excluding carboxylic acids is 2. The summed E-state index contributed by atoms with van der Waals surface area (Å²) in [5, 5.41) is 0. The highest BCUT2D eigenvalue weighted by molar-refractivity contribution is 5.90. The van der Waals surface area contributed by atoms with Gasteiger partial charge in [-0.05, 0) is 38.1 Å². The van der Waals surface area contributed by atoms with Gasteiger partial charge in [-0.2, -0.15) is 0 Å². The molecule has 1 aromatic heterocycles. The molecule has 2 rings (SSSR count). The molecule has 23 heavy (non-hydrogen) atoms. The molecule has 0 unspecified atom stereocenters. The molecule has 0 aliphatic rings. The Morgan fingerprint density at radius 1 is 1.22 bits per heavy atom. The molecular formula is C16H18FN3O3. The van der Waals surface area contributed by atoms with Crippen LogP contribution in [0.1, 0.15) is 24.3 Å². The fourth-order valence-corrected chi connectivity index (χ4v) is 2.12. The summed E-state index contributed by atoms with van der Waals surface area (Å²) < 4.78 is 19.5. The van der Waals surface area contributed by atoms with Crippen LogP contribution in [0.5, 0.6) is 0 Å². The first kappa shape index (κ1) is 16.7. The molecule has 0 aliphatic carbocycles. The number of likely N-dealkylation sites (N-methyl/N-ethyl adjacent to an activating group) is 1. The molecule has 0 radical (unpaired) electrons. The molecule has 1 amide bonds. The summed E-state index contributed by atoms with van der Waals surface area (Å²) in [6.07, 6.45) is 2.77. The molecule has 2 aromatic rings. The summed E-state index contributed by atoms with van der Waals surface area (Å²) in [5.74, 6) is -1.29. The number of ether oxygens (including phenoxy) is 1. The lowest BCUT2D eigenvalue weighted by molar-refractivity contribution is -0.134. The standard InChI is InChI=1S/C16H18FN3O3/c1-3-19(4-2)15(21)10-23-16(22)14-9-18-11-20(14)13-7-5-12(17)6-8-13/h5-9,11H,3-4,10H2,1-2H3. The number of rotatable bonds is 6. The summed E-state index contributed by atoms with van der Waals surface area (Å²) >= 11 is 0. The smallest absolute Gasteiger partial charge is 0.357 e. The van der Waals surface area contributed by atoms with Crippen LogP contribution < -0.4 is 0 Å². The summed E-state index contributed by atoms with van der Waals surface area (Å²) in [6, 6.07) is 5.62. The van der Waals surface area contributed by atoms with E-state index in [9.17, 15) is 14.0 Å². The number of esters is 1. The van der Waals surface area contributed by atoms with E-state index in [0.29, 0.717) is 18.8 Å². The zero-order chi connectivity index (χ0) is 16.8. The minimum atomic E-state index is -0.660. The van der Waals surface area contributed by atoms with Crippen molar-refractivity contribution in [2.45, 2.75) is 13.8 Å². The third-order valence-electron chi connectivity index (χ3n) is 3.40. The number of imidazole rings is 1. The maximum Gasteiger partial charge on any atom is 0.357 e. The summed E-state index contributed by atoms with van der Waals surface area (Å²) in [7, 11) is 0. The van der Waals surface area contributed by atoms with Gasteiger partial charge in [0.05, 0.1) is 12.5 Å². The van der Waals surface area contributed by atoms with Crippen molar-refractivity contribution in [2.24, 2.45) is 0 Å². The normalized spacial score (nSPS) is 10.4. The Kier molecular flexibility index (Phi) is 5.46. The first-order valence-electron chi connectivity index (χ1n) is 7.30. The first-order chi connectivity index (χ1) is 11.1. The monoisotopic (exact) mass is 319 g/mol. The number of hydrogen-bond donors (Lipinski definition) is 0. The second-order valence-corrected chi connectivity index (χ2v) is 4.77. The van der Waals surface area contributed by atoms with Gasteiger partial charge in [0.15, 0.2) is 12.3 Å². The lowest BCUT2D eigenvalue weighted by Crippen LogP contribution is -2.34. The van der Waals surface area contributed by atoms with E-state index in [2.05, 4.69) is 4.98 Å². The highest BCUT2D eigenvalue weighted by atomic mass is 19.1. The van der Waals surface area contributed by atoms with Crippen LogP contribution in [0.2, 0.25) is 0 Å². The van der Waals surface area contributed by atoms with Crippen LogP contribution >= 0.6 is 0 Å². The van der Waals surface area contributed by atoms with Gasteiger partial charge in [-0.25, -0.2) is 14.2 Å². The van der Waals surface area contributed by atoms with Gasteiger partial charge in [0.2, 0.25) is 0 Å². The number of aromatic nitrogens is 2. The summed E-state index contributed by atoms with van der Waals surface area (Å²) in [4.78, 5) is 29.5. The maximum absolute atomic E-state index is 13.0. The van der Waals surface area contributed by atoms with E-state index in [0.717, 1.165) is 0 Å². The molecule has 6 nitrogen and oxygen atoms in total. The Morgan fingerprint density at radius 2 is 1.87 bits per heavy atom. The van der Waals surface area contributed by atoms with E-state index >= 15 is 0 Å². The van der Waals surface area contributed by atoms with E-state index < -0.39 is 5.97 Å². The van der Waals surface area contributed by atoms with Gasteiger partial charge < -0.3 is 9.64 Å². The van der Waals surface area contributed by atoms with Crippen molar-refractivity contribution in [3.8, 4) is 5.69 Å². The van der Waals surface area contributed by atoms with Crippen LogP contribution in [-0.4, -0.2) is 46.0 Å². The van der Waals surface area contributed by atoms with Crippen LogP contribution in [-0.2, 0) is 9.53 Å². The summed E-state index contributed by atoms with van der Waals surface area (Å²) in [5.41, 5.74) is 0.745. The zero-order valence-corrected chi connectivity index (χ0v) is 13.0. The van der Waals surface area contributed by atoms with Gasteiger partial charge in [-0.3, -0.25) is 9.36 Å². The van der Waals surface area contributed by atoms with E-state index in [1.165, 1.54) is 41.4 Å². The molecule has 0 aliphatic heterocycles. The van der Waals surface area contributed by atoms with Crippen molar-refractivity contribution < 1.29 is 18.7 Å². The molecule has 0 bridgehead atoms. The molecule has 0 fully saturated rings. The van der Waals surface area contributed by atoms with Gasteiger partial charge in [0, 0.05) is 18.8 Å². The number of carbonyl (C=O) groups is 2. The average molecular weight is 319 g/mol. The Hall–Kier alpha value is -2.70. The maximum atomic E-state index is 13.0. The highest BCUT2D eigenvalue weighted by Crippen LogP contribution is 2.13. The predicted octanol–water partition coefficient (Wildman–Crippen LogP) is 2.04. The van der Waals surface area contributed by atoms with Crippen molar-refractivity contribution >= 4 is 11.9 Å².